The van der Waals surface area contributed by atoms with Crippen molar-refractivity contribution in [2.45, 2.75) is 45.4 Å². The number of rotatable bonds is 6. The van der Waals surface area contributed by atoms with Crippen LogP contribution in [-0.2, 0) is 16.4 Å². The molecule has 118 valence electrons. The molecule has 1 fully saturated rings. The SMILES string of the molecule is CCc1ccccc1OCC1(CS(N)(=O)=O)CCCCC1. The molecule has 2 rings (SSSR count). The number of benzene rings is 1. The molecule has 0 amide bonds. The number of hydrogen-bond donors (Lipinski definition) is 1. The van der Waals surface area contributed by atoms with Gasteiger partial charge in [-0.15, -0.1) is 0 Å². The molecule has 0 heterocycles. The van der Waals surface area contributed by atoms with E-state index in [9.17, 15) is 8.42 Å². The van der Waals surface area contributed by atoms with Gasteiger partial charge in [0.05, 0.1) is 12.4 Å². The van der Waals surface area contributed by atoms with E-state index >= 15 is 0 Å². The number of ether oxygens (including phenoxy) is 1. The smallest absolute Gasteiger partial charge is 0.209 e. The Morgan fingerprint density at radius 3 is 2.48 bits per heavy atom. The number of hydrogen-bond acceptors (Lipinski definition) is 3. The van der Waals surface area contributed by atoms with Crippen molar-refractivity contribution < 1.29 is 13.2 Å². The van der Waals surface area contributed by atoms with Gasteiger partial charge in [-0.25, -0.2) is 13.6 Å². The number of aryl methyl sites for hydroxylation is 1. The molecule has 0 atom stereocenters. The molecular weight excluding hydrogens is 286 g/mol. The Labute approximate surface area is 127 Å². The van der Waals surface area contributed by atoms with Gasteiger partial charge in [-0.2, -0.15) is 0 Å². The second kappa shape index (κ2) is 6.79. The lowest BCUT2D eigenvalue weighted by Crippen LogP contribution is -2.40. The molecule has 2 N–H and O–H groups in total. The predicted octanol–water partition coefficient (Wildman–Crippen LogP) is 2.87. The molecule has 1 aliphatic rings. The molecule has 0 saturated heterocycles. The number of nitrogens with two attached hydrogens (primary N) is 1. The zero-order valence-corrected chi connectivity index (χ0v) is 13.5. The van der Waals surface area contributed by atoms with E-state index in [0.29, 0.717) is 6.61 Å². The molecule has 21 heavy (non-hydrogen) atoms. The first-order valence-electron chi connectivity index (χ1n) is 7.65. The summed E-state index contributed by atoms with van der Waals surface area (Å²) in [7, 11) is -3.48. The first kappa shape index (κ1) is 16.3. The highest BCUT2D eigenvalue weighted by atomic mass is 32.2. The van der Waals surface area contributed by atoms with E-state index in [1.807, 2.05) is 24.3 Å². The summed E-state index contributed by atoms with van der Waals surface area (Å²) in [6.45, 7) is 2.52. The molecule has 0 aromatic heterocycles. The fourth-order valence-electron chi connectivity index (χ4n) is 3.23. The molecule has 1 saturated carbocycles. The van der Waals surface area contributed by atoms with E-state index < -0.39 is 10.0 Å². The maximum absolute atomic E-state index is 11.6. The van der Waals surface area contributed by atoms with E-state index in [4.69, 9.17) is 9.88 Å². The predicted molar refractivity (Wildman–Crippen MR) is 84.8 cm³/mol. The monoisotopic (exact) mass is 311 g/mol. The highest BCUT2D eigenvalue weighted by molar-refractivity contribution is 7.89. The van der Waals surface area contributed by atoms with Crippen LogP contribution in [0, 0.1) is 5.41 Å². The Morgan fingerprint density at radius 2 is 1.86 bits per heavy atom. The normalized spacial score (nSPS) is 18.4. The number of sulfonamides is 1. The summed E-state index contributed by atoms with van der Waals surface area (Å²) in [5.74, 6) is 0.883. The molecule has 0 bridgehead atoms. The molecule has 0 radical (unpaired) electrons. The van der Waals surface area contributed by atoms with Gasteiger partial charge in [0.15, 0.2) is 0 Å². The molecule has 0 spiro atoms. The maximum atomic E-state index is 11.6. The van der Waals surface area contributed by atoms with E-state index in [1.165, 1.54) is 0 Å². The van der Waals surface area contributed by atoms with E-state index in [1.54, 1.807) is 0 Å². The Kier molecular flexibility index (Phi) is 5.27. The van der Waals surface area contributed by atoms with Crippen molar-refractivity contribution in [2.24, 2.45) is 10.6 Å². The second-order valence-corrected chi connectivity index (χ2v) is 7.73. The van der Waals surface area contributed by atoms with E-state index in [2.05, 4.69) is 6.92 Å². The van der Waals surface area contributed by atoms with Crippen LogP contribution in [0.2, 0.25) is 0 Å². The minimum Gasteiger partial charge on any atom is -0.493 e. The summed E-state index contributed by atoms with van der Waals surface area (Å²) in [6, 6.07) is 7.93. The summed E-state index contributed by atoms with van der Waals surface area (Å²) in [4.78, 5) is 0. The largest absolute Gasteiger partial charge is 0.493 e. The minimum absolute atomic E-state index is 0.0221. The van der Waals surface area contributed by atoms with Gasteiger partial charge in [0.2, 0.25) is 10.0 Å². The molecule has 1 aromatic carbocycles. The fourth-order valence-corrected chi connectivity index (χ4v) is 4.45. The summed E-state index contributed by atoms with van der Waals surface area (Å²) in [5, 5.41) is 5.29. The van der Waals surface area contributed by atoms with Crippen molar-refractivity contribution in [3.63, 3.8) is 0 Å². The van der Waals surface area contributed by atoms with Crippen molar-refractivity contribution in [3.8, 4) is 5.75 Å². The third kappa shape index (κ3) is 4.71. The molecule has 0 aliphatic heterocycles. The lowest BCUT2D eigenvalue weighted by atomic mass is 9.76. The topological polar surface area (TPSA) is 69.4 Å². The number of para-hydroxylation sites is 1. The second-order valence-electron chi connectivity index (χ2n) is 6.12. The third-order valence-corrected chi connectivity index (χ3v) is 5.32. The van der Waals surface area contributed by atoms with Crippen LogP contribution in [-0.4, -0.2) is 20.8 Å². The van der Waals surface area contributed by atoms with Crippen molar-refractivity contribution in [2.75, 3.05) is 12.4 Å². The van der Waals surface area contributed by atoms with Crippen LogP contribution in [0.15, 0.2) is 24.3 Å². The van der Waals surface area contributed by atoms with Crippen molar-refractivity contribution in [1.82, 2.24) is 0 Å². The summed E-state index contributed by atoms with van der Waals surface area (Å²) in [6.07, 6.45) is 5.91. The third-order valence-electron chi connectivity index (χ3n) is 4.31. The average molecular weight is 311 g/mol. The highest BCUT2D eigenvalue weighted by Gasteiger charge is 2.36. The molecule has 0 unspecified atom stereocenters. The Hall–Kier alpha value is -1.07. The quantitative estimate of drug-likeness (QED) is 0.878. The summed E-state index contributed by atoms with van der Waals surface area (Å²) < 4.78 is 29.1. The van der Waals surface area contributed by atoms with E-state index in [0.717, 1.165) is 49.8 Å². The van der Waals surface area contributed by atoms with Crippen LogP contribution in [0.4, 0.5) is 0 Å². The van der Waals surface area contributed by atoms with Gasteiger partial charge in [0.1, 0.15) is 5.75 Å². The van der Waals surface area contributed by atoms with E-state index in [-0.39, 0.29) is 11.2 Å². The van der Waals surface area contributed by atoms with Crippen LogP contribution in [0.3, 0.4) is 0 Å². The van der Waals surface area contributed by atoms with Crippen LogP contribution in [0.25, 0.3) is 0 Å². The van der Waals surface area contributed by atoms with Crippen molar-refractivity contribution >= 4 is 10.0 Å². The summed E-state index contributed by atoms with van der Waals surface area (Å²) in [5.41, 5.74) is 0.825. The Bertz CT molecular complexity index is 563. The zero-order chi connectivity index (χ0) is 15.3. The lowest BCUT2D eigenvalue weighted by Gasteiger charge is -2.36. The van der Waals surface area contributed by atoms with Crippen LogP contribution in [0.1, 0.15) is 44.6 Å². The lowest BCUT2D eigenvalue weighted by molar-refractivity contribution is 0.118. The van der Waals surface area contributed by atoms with Gasteiger partial charge < -0.3 is 4.74 Å². The van der Waals surface area contributed by atoms with Gasteiger partial charge in [-0.1, -0.05) is 44.4 Å². The average Bonchev–Trinajstić information content (AvgIpc) is 2.45. The summed E-state index contributed by atoms with van der Waals surface area (Å²) >= 11 is 0. The molecule has 5 heteroatoms. The minimum atomic E-state index is -3.48. The maximum Gasteiger partial charge on any atom is 0.209 e. The van der Waals surface area contributed by atoms with Gasteiger partial charge in [-0.05, 0) is 30.9 Å². The standard InChI is InChI=1S/C16H25NO3S/c1-2-14-8-4-5-9-15(14)20-12-16(13-21(17,18)19)10-6-3-7-11-16/h4-5,8-9H,2-3,6-7,10-13H2,1H3,(H2,17,18,19). The molecular formula is C16H25NO3S. The Balaban J connectivity index is 2.12. The number of primary sulfonamides is 1. The molecule has 1 aliphatic carbocycles. The van der Waals surface area contributed by atoms with Crippen LogP contribution >= 0.6 is 0 Å². The molecule has 1 aromatic rings. The first-order valence-corrected chi connectivity index (χ1v) is 9.37. The van der Waals surface area contributed by atoms with Gasteiger partial charge >= 0.3 is 0 Å². The molecule has 4 nitrogen and oxygen atoms in total. The van der Waals surface area contributed by atoms with Crippen molar-refractivity contribution in [1.29, 1.82) is 0 Å². The van der Waals surface area contributed by atoms with Crippen LogP contribution in [0.5, 0.6) is 5.75 Å². The van der Waals surface area contributed by atoms with Gasteiger partial charge in [0, 0.05) is 5.41 Å². The van der Waals surface area contributed by atoms with Crippen molar-refractivity contribution in [3.05, 3.63) is 29.8 Å². The van der Waals surface area contributed by atoms with Crippen LogP contribution < -0.4 is 9.88 Å². The Morgan fingerprint density at radius 1 is 1.19 bits per heavy atom. The van der Waals surface area contributed by atoms with Gasteiger partial charge in [0.25, 0.3) is 0 Å². The first-order chi connectivity index (χ1) is 9.94. The zero-order valence-electron chi connectivity index (χ0n) is 12.7. The highest BCUT2D eigenvalue weighted by Crippen LogP contribution is 2.38. The van der Waals surface area contributed by atoms with Gasteiger partial charge in [-0.3, -0.25) is 0 Å². The fraction of sp³-hybridized carbons (Fsp3) is 0.625.